The molecule has 136 valence electrons. The van der Waals surface area contributed by atoms with E-state index >= 15 is 0 Å². The van der Waals surface area contributed by atoms with E-state index in [4.69, 9.17) is 4.74 Å². The van der Waals surface area contributed by atoms with Gasteiger partial charge in [-0.05, 0) is 51.1 Å². The summed E-state index contributed by atoms with van der Waals surface area (Å²) in [6, 6.07) is 8.93. The zero-order valence-electron chi connectivity index (χ0n) is 15.0. The van der Waals surface area contributed by atoms with Crippen molar-refractivity contribution in [3.05, 3.63) is 29.8 Å². The van der Waals surface area contributed by atoms with Crippen LogP contribution in [0, 0.1) is 0 Å². The second kappa shape index (κ2) is 7.65. The Balaban J connectivity index is 1.40. The van der Waals surface area contributed by atoms with Crippen LogP contribution in [0.15, 0.2) is 24.3 Å². The van der Waals surface area contributed by atoms with Gasteiger partial charge in [0.25, 0.3) is 0 Å². The molecule has 2 saturated heterocycles. The van der Waals surface area contributed by atoms with Crippen LogP contribution >= 0.6 is 0 Å². The monoisotopic (exact) mass is 343 g/mol. The molecule has 1 aromatic carbocycles. The van der Waals surface area contributed by atoms with Crippen molar-refractivity contribution in [2.24, 2.45) is 0 Å². The van der Waals surface area contributed by atoms with Gasteiger partial charge in [-0.25, -0.2) is 4.79 Å². The summed E-state index contributed by atoms with van der Waals surface area (Å²) in [6.07, 6.45) is 7.61. The minimum Gasteiger partial charge on any atom is -0.490 e. The Morgan fingerprint density at radius 3 is 2.72 bits per heavy atom. The highest BCUT2D eigenvalue weighted by molar-refractivity contribution is 5.76. The van der Waals surface area contributed by atoms with Crippen LogP contribution in [0.5, 0.6) is 5.75 Å². The number of amides is 2. The van der Waals surface area contributed by atoms with E-state index in [1.165, 1.54) is 31.2 Å². The standard InChI is InChI=1S/C20H29N3O2/c24-20-21-11-13-23(20)17-7-5-12-22(15-17)14-16-6-1-4-10-19(16)25-18-8-2-3-9-18/h1,4,6,10,17-18H,2-3,5,7-9,11-15H2,(H,21,24). The summed E-state index contributed by atoms with van der Waals surface area (Å²) in [6.45, 7) is 4.61. The van der Waals surface area contributed by atoms with Gasteiger partial charge in [0.15, 0.2) is 0 Å². The number of urea groups is 1. The molecule has 25 heavy (non-hydrogen) atoms. The normalized spacial score (nSPS) is 25.4. The molecule has 4 rings (SSSR count). The third-order valence-electron chi connectivity index (χ3n) is 5.77. The molecule has 3 aliphatic rings. The molecular weight excluding hydrogens is 314 g/mol. The molecule has 2 heterocycles. The molecule has 1 saturated carbocycles. The van der Waals surface area contributed by atoms with Crippen LogP contribution in [-0.2, 0) is 6.54 Å². The molecule has 0 bridgehead atoms. The third-order valence-corrected chi connectivity index (χ3v) is 5.77. The lowest BCUT2D eigenvalue weighted by molar-refractivity contribution is 0.120. The predicted molar refractivity (Wildman–Crippen MR) is 97.7 cm³/mol. The Morgan fingerprint density at radius 2 is 1.92 bits per heavy atom. The lowest BCUT2D eigenvalue weighted by atomic mass is 10.0. The summed E-state index contributed by atoms with van der Waals surface area (Å²) in [4.78, 5) is 16.5. The number of piperidine rings is 1. The van der Waals surface area contributed by atoms with Gasteiger partial charge in [-0.1, -0.05) is 18.2 Å². The van der Waals surface area contributed by atoms with Crippen molar-refractivity contribution in [3.8, 4) is 5.75 Å². The van der Waals surface area contributed by atoms with Crippen LogP contribution in [0.4, 0.5) is 4.79 Å². The van der Waals surface area contributed by atoms with Gasteiger partial charge in [-0.15, -0.1) is 0 Å². The van der Waals surface area contributed by atoms with Crippen LogP contribution in [0.2, 0.25) is 0 Å². The highest BCUT2D eigenvalue weighted by atomic mass is 16.5. The SMILES string of the molecule is O=C1NCCN1C1CCCN(Cc2ccccc2OC2CCCC2)C1. The molecule has 1 aromatic rings. The Morgan fingerprint density at radius 1 is 1.08 bits per heavy atom. The van der Waals surface area contributed by atoms with Crippen molar-refractivity contribution in [3.63, 3.8) is 0 Å². The summed E-state index contributed by atoms with van der Waals surface area (Å²) in [5.74, 6) is 1.05. The van der Waals surface area contributed by atoms with Gasteiger partial charge < -0.3 is 15.0 Å². The number of carbonyl (C=O) groups excluding carboxylic acids is 1. The van der Waals surface area contributed by atoms with E-state index in [9.17, 15) is 4.79 Å². The molecule has 1 atom stereocenters. The number of hydrogen-bond donors (Lipinski definition) is 1. The first-order chi connectivity index (χ1) is 12.3. The number of ether oxygens (including phenoxy) is 1. The van der Waals surface area contributed by atoms with Gasteiger partial charge in [0.05, 0.1) is 6.10 Å². The number of nitrogens with zero attached hydrogens (tertiary/aromatic N) is 2. The van der Waals surface area contributed by atoms with E-state index in [-0.39, 0.29) is 6.03 Å². The Bertz CT molecular complexity index is 600. The average molecular weight is 343 g/mol. The summed E-state index contributed by atoms with van der Waals surface area (Å²) >= 11 is 0. The number of hydrogen-bond acceptors (Lipinski definition) is 3. The third kappa shape index (κ3) is 3.92. The van der Waals surface area contributed by atoms with Gasteiger partial charge >= 0.3 is 6.03 Å². The average Bonchev–Trinajstić information content (AvgIpc) is 3.28. The number of nitrogens with one attached hydrogen (secondary N) is 1. The van der Waals surface area contributed by atoms with Crippen LogP contribution < -0.4 is 10.1 Å². The minimum absolute atomic E-state index is 0.108. The first-order valence-corrected chi connectivity index (χ1v) is 9.81. The maximum atomic E-state index is 12.0. The van der Waals surface area contributed by atoms with E-state index < -0.39 is 0 Å². The first-order valence-electron chi connectivity index (χ1n) is 9.81. The summed E-state index contributed by atoms with van der Waals surface area (Å²) < 4.78 is 6.29. The van der Waals surface area contributed by atoms with E-state index in [1.54, 1.807) is 0 Å². The lowest BCUT2D eigenvalue weighted by Crippen LogP contribution is -2.48. The molecule has 2 amide bonds. The molecule has 0 aromatic heterocycles. The molecule has 3 fully saturated rings. The minimum atomic E-state index is 0.108. The van der Waals surface area contributed by atoms with E-state index in [2.05, 4.69) is 34.5 Å². The Kier molecular flexibility index (Phi) is 5.11. The number of likely N-dealkylation sites (tertiary alicyclic amines) is 1. The quantitative estimate of drug-likeness (QED) is 0.894. The van der Waals surface area contributed by atoms with Crippen molar-refractivity contribution >= 4 is 6.03 Å². The maximum absolute atomic E-state index is 12.0. The number of benzene rings is 1. The fourth-order valence-electron chi connectivity index (χ4n) is 4.44. The molecule has 2 aliphatic heterocycles. The van der Waals surface area contributed by atoms with Crippen molar-refractivity contribution in [1.29, 1.82) is 0 Å². The highest BCUT2D eigenvalue weighted by Crippen LogP contribution is 2.28. The van der Waals surface area contributed by atoms with Crippen molar-refractivity contribution < 1.29 is 9.53 Å². The van der Waals surface area contributed by atoms with E-state index in [0.29, 0.717) is 12.1 Å². The van der Waals surface area contributed by atoms with Gasteiger partial charge in [0.1, 0.15) is 5.75 Å². The number of rotatable bonds is 5. The van der Waals surface area contributed by atoms with Crippen molar-refractivity contribution in [2.75, 3.05) is 26.2 Å². The van der Waals surface area contributed by atoms with Gasteiger partial charge in [-0.2, -0.15) is 0 Å². The van der Waals surface area contributed by atoms with Crippen LogP contribution in [-0.4, -0.2) is 54.2 Å². The maximum Gasteiger partial charge on any atom is 0.317 e. The largest absolute Gasteiger partial charge is 0.490 e. The molecule has 0 spiro atoms. The Labute approximate surface area is 150 Å². The summed E-state index contributed by atoms with van der Waals surface area (Å²) in [7, 11) is 0. The molecule has 1 N–H and O–H groups in total. The van der Waals surface area contributed by atoms with Crippen LogP contribution in [0.25, 0.3) is 0 Å². The lowest BCUT2D eigenvalue weighted by Gasteiger charge is -2.37. The number of carbonyl (C=O) groups is 1. The summed E-state index contributed by atoms with van der Waals surface area (Å²) in [5, 5.41) is 2.93. The second-order valence-electron chi connectivity index (χ2n) is 7.59. The molecule has 1 unspecified atom stereocenters. The zero-order valence-corrected chi connectivity index (χ0v) is 15.0. The van der Waals surface area contributed by atoms with E-state index in [0.717, 1.165) is 51.3 Å². The highest BCUT2D eigenvalue weighted by Gasteiger charge is 2.31. The van der Waals surface area contributed by atoms with Gasteiger partial charge in [0.2, 0.25) is 0 Å². The van der Waals surface area contributed by atoms with Crippen LogP contribution in [0.1, 0.15) is 44.1 Å². The molecular formula is C20H29N3O2. The fraction of sp³-hybridized carbons (Fsp3) is 0.650. The number of para-hydroxylation sites is 1. The smallest absolute Gasteiger partial charge is 0.317 e. The molecule has 5 nitrogen and oxygen atoms in total. The topological polar surface area (TPSA) is 44.8 Å². The first kappa shape index (κ1) is 16.7. The van der Waals surface area contributed by atoms with Crippen molar-refractivity contribution in [2.45, 2.75) is 57.2 Å². The molecule has 1 aliphatic carbocycles. The molecule has 5 heteroatoms. The van der Waals surface area contributed by atoms with E-state index in [1.807, 2.05) is 4.90 Å². The van der Waals surface area contributed by atoms with Crippen LogP contribution in [0.3, 0.4) is 0 Å². The van der Waals surface area contributed by atoms with Gasteiger partial charge in [-0.3, -0.25) is 4.90 Å². The zero-order chi connectivity index (χ0) is 17.1. The van der Waals surface area contributed by atoms with Crippen molar-refractivity contribution in [1.82, 2.24) is 15.1 Å². The predicted octanol–water partition coefficient (Wildman–Crippen LogP) is 3.00. The summed E-state index contributed by atoms with van der Waals surface area (Å²) in [5.41, 5.74) is 1.28. The molecule has 0 radical (unpaired) electrons. The van der Waals surface area contributed by atoms with Gasteiger partial charge in [0, 0.05) is 37.8 Å². The fourth-order valence-corrected chi connectivity index (χ4v) is 4.44. The second-order valence-corrected chi connectivity index (χ2v) is 7.59. The Hall–Kier alpha value is -1.75.